The van der Waals surface area contributed by atoms with Gasteiger partial charge in [-0.1, -0.05) is 52.0 Å². The molecule has 0 radical (unpaired) electrons. The van der Waals surface area contributed by atoms with Gasteiger partial charge in [0, 0.05) is 44.6 Å². The predicted molar refractivity (Wildman–Crippen MR) is 113 cm³/mol. The molecule has 0 aliphatic carbocycles. The first-order chi connectivity index (χ1) is 13.3. The molecule has 1 aromatic carbocycles. The second-order valence-corrected chi connectivity index (χ2v) is 8.67. The third-order valence-corrected chi connectivity index (χ3v) is 4.87. The fourth-order valence-electron chi connectivity index (χ4n) is 3.57. The Kier molecular flexibility index (Phi) is 9.13. The van der Waals surface area contributed by atoms with Crippen molar-refractivity contribution in [2.24, 2.45) is 11.8 Å². The van der Waals surface area contributed by atoms with E-state index in [1.165, 1.54) is 5.56 Å². The molecule has 0 spiro atoms. The maximum atomic E-state index is 12.3. The van der Waals surface area contributed by atoms with Gasteiger partial charge in [0.1, 0.15) is 0 Å². The molecule has 1 aliphatic heterocycles. The number of hydrogen-bond donors (Lipinski definition) is 1. The molecule has 0 saturated carbocycles. The van der Waals surface area contributed by atoms with E-state index in [0.29, 0.717) is 30.6 Å². The SMILES string of the molecule is CC(C)Cc1ccc(C(=O)CCC(=O)NCC2CN(CC(C)C)CCO2)cc1. The van der Waals surface area contributed by atoms with Gasteiger partial charge in [-0.05, 0) is 23.8 Å². The predicted octanol–water partition coefficient (Wildman–Crippen LogP) is 3.32. The summed E-state index contributed by atoms with van der Waals surface area (Å²) in [4.78, 5) is 26.8. The minimum absolute atomic E-state index is 0.0169. The van der Waals surface area contributed by atoms with Crippen LogP contribution < -0.4 is 5.32 Å². The van der Waals surface area contributed by atoms with E-state index >= 15 is 0 Å². The topological polar surface area (TPSA) is 58.6 Å². The number of Topliss-reactive ketones (excluding diaryl/α,β-unsaturated/α-hetero) is 1. The first kappa shape index (κ1) is 22.6. The molecular weight excluding hydrogens is 352 g/mol. The largest absolute Gasteiger partial charge is 0.374 e. The summed E-state index contributed by atoms with van der Waals surface area (Å²) >= 11 is 0. The lowest BCUT2D eigenvalue weighted by Crippen LogP contribution is -2.48. The average molecular weight is 389 g/mol. The number of ketones is 1. The van der Waals surface area contributed by atoms with Crippen molar-refractivity contribution < 1.29 is 14.3 Å². The number of rotatable bonds is 10. The summed E-state index contributed by atoms with van der Waals surface area (Å²) in [5, 5.41) is 2.92. The molecule has 5 heteroatoms. The van der Waals surface area contributed by atoms with E-state index in [2.05, 4.69) is 37.9 Å². The lowest BCUT2D eigenvalue weighted by molar-refractivity contribution is -0.122. The van der Waals surface area contributed by atoms with Gasteiger partial charge < -0.3 is 10.1 Å². The van der Waals surface area contributed by atoms with Crippen LogP contribution in [0.2, 0.25) is 0 Å². The van der Waals surface area contributed by atoms with Crippen molar-refractivity contribution in [1.29, 1.82) is 0 Å². The summed E-state index contributed by atoms with van der Waals surface area (Å²) in [6, 6.07) is 7.77. The standard InChI is InChI=1S/C23H36N2O3/c1-17(2)13-19-5-7-20(8-6-19)22(26)9-10-23(27)24-14-21-16-25(11-12-28-21)15-18(3)4/h5-8,17-18,21H,9-16H2,1-4H3,(H,24,27). The molecule has 1 amide bonds. The number of benzene rings is 1. The summed E-state index contributed by atoms with van der Waals surface area (Å²) in [6.07, 6.45) is 1.49. The Morgan fingerprint density at radius 3 is 2.46 bits per heavy atom. The summed E-state index contributed by atoms with van der Waals surface area (Å²) in [5.74, 6) is 1.15. The van der Waals surface area contributed by atoms with E-state index in [1.807, 2.05) is 24.3 Å². The van der Waals surface area contributed by atoms with Crippen molar-refractivity contribution in [1.82, 2.24) is 10.2 Å². The van der Waals surface area contributed by atoms with Crippen LogP contribution in [0, 0.1) is 11.8 Å². The fourth-order valence-corrected chi connectivity index (χ4v) is 3.57. The van der Waals surface area contributed by atoms with Gasteiger partial charge in [-0.25, -0.2) is 0 Å². The van der Waals surface area contributed by atoms with Gasteiger partial charge in [-0.2, -0.15) is 0 Å². The molecule has 0 bridgehead atoms. The molecule has 156 valence electrons. The van der Waals surface area contributed by atoms with Gasteiger partial charge in [-0.15, -0.1) is 0 Å². The molecule has 1 aliphatic rings. The molecule has 1 fully saturated rings. The van der Waals surface area contributed by atoms with Crippen LogP contribution in [0.3, 0.4) is 0 Å². The Bertz CT molecular complexity index is 625. The Balaban J connectivity index is 1.69. The van der Waals surface area contributed by atoms with Crippen LogP contribution in [0.15, 0.2) is 24.3 Å². The average Bonchev–Trinajstić information content (AvgIpc) is 2.64. The van der Waals surface area contributed by atoms with E-state index in [-0.39, 0.29) is 30.6 Å². The highest BCUT2D eigenvalue weighted by Gasteiger charge is 2.21. The molecule has 1 aromatic rings. The van der Waals surface area contributed by atoms with E-state index < -0.39 is 0 Å². The van der Waals surface area contributed by atoms with Crippen molar-refractivity contribution in [2.45, 2.75) is 53.1 Å². The van der Waals surface area contributed by atoms with Crippen molar-refractivity contribution in [3.63, 3.8) is 0 Å². The number of morpholine rings is 1. The van der Waals surface area contributed by atoms with Gasteiger partial charge in [-0.3, -0.25) is 14.5 Å². The van der Waals surface area contributed by atoms with Gasteiger partial charge in [0.15, 0.2) is 5.78 Å². The zero-order valence-corrected chi connectivity index (χ0v) is 17.9. The molecular formula is C23H36N2O3. The van der Waals surface area contributed by atoms with Crippen LogP contribution in [0.1, 0.15) is 56.5 Å². The highest BCUT2D eigenvalue weighted by molar-refractivity contribution is 5.97. The fraction of sp³-hybridized carbons (Fsp3) is 0.652. The number of carbonyl (C=O) groups excluding carboxylic acids is 2. The first-order valence-electron chi connectivity index (χ1n) is 10.6. The quantitative estimate of drug-likeness (QED) is 0.625. The van der Waals surface area contributed by atoms with Gasteiger partial charge in [0.2, 0.25) is 5.91 Å². The Morgan fingerprint density at radius 2 is 1.82 bits per heavy atom. The van der Waals surface area contributed by atoms with Crippen molar-refractivity contribution in [2.75, 3.05) is 32.8 Å². The van der Waals surface area contributed by atoms with Crippen LogP contribution >= 0.6 is 0 Å². The molecule has 1 N–H and O–H groups in total. The zero-order chi connectivity index (χ0) is 20.5. The summed E-state index contributed by atoms with van der Waals surface area (Å²) in [5.41, 5.74) is 1.92. The maximum Gasteiger partial charge on any atom is 0.220 e. The van der Waals surface area contributed by atoms with Crippen molar-refractivity contribution in [3.05, 3.63) is 35.4 Å². The second kappa shape index (κ2) is 11.3. The van der Waals surface area contributed by atoms with Crippen LogP contribution in [-0.2, 0) is 16.0 Å². The summed E-state index contributed by atoms with van der Waals surface area (Å²) < 4.78 is 5.75. The minimum Gasteiger partial charge on any atom is -0.374 e. The molecule has 2 rings (SSSR count). The Labute approximate surface area is 169 Å². The normalized spacial score (nSPS) is 17.9. The van der Waals surface area contributed by atoms with Crippen molar-refractivity contribution >= 4 is 11.7 Å². The van der Waals surface area contributed by atoms with E-state index in [9.17, 15) is 9.59 Å². The Hall–Kier alpha value is -1.72. The Morgan fingerprint density at radius 1 is 1.11 bits per heavy atom. The smallest absolute Gasteiger partial charge is 0.220 e. The lowest BCUT2D eigenvalue weighted by Gasteiger charge is -2.33. The van der Waals surface area contributed by atoms with E-state index in [1.54, 1.807) is 0 Å². The zero-order valence-electron chi connectivity index (χ0n) is 17.9. The molecule has 1 heterocycles. The van der Waals surface area contributed by atoms with Crippen molar-refractivity contribution in [3.8, 4) is 0 Å². The third kappa shape index (κ3) is 8.11. The van der Waals surface area contributed by atoms with Crippen LogP contribution in [-0.4, -0.2) is 55.5 Å². The summed E-state index contributed by atoms with van der Waals surface area (Å²) in [6.45, 7) is 12.8. The maximum absolute atomic E-state index is 12.3. The highest BCUT2D eigenvalue weighted by Crippen LogP contribution is 2.12. The number of nitrogens with zero attached hydrogens (tertiary/aromatic N) is 1. The number of carbonyl (C=O) groups is 2. The van der Waals surface area contributed by atoms with Gasteiger partial charge in [0.05, 0.1) is 12.7 Å². The number of nitrogens with one attached hydrogen (secondary N) is 1. The third-order valence-electron chi connectivity index (χ3n) is 4.87. The van der Waals surface area contributed by atoms with Crippen LogP contribution in [0.5, 0.6) is 0 Å². The molecule has 5 nitrogen and oxygen atoms in total. The summed E-state index contributed by atoms with van der Waals surface area (Å²) in [7, 11) is 0. The molecule has 1 unspecified atom stereocenters. The van der Waals surface area contributed by atoms with Crippen LogP contribution in [0.25, 0.3) is 0 Å². The first-order valence-corrected chi connectivity index (χ1v) is 10.6. The highest BCUT2D eigenvalue weighted by atomic mass is 16.5. The van der Waals surface area contributed by atoms with Crippen LogP contribution in [0.4, 0.5) is 0 Å². The minimum atomic E-state index is -0.0886. The number of hydrogen-bond acceptors (Lipinski definition) is 4. The monoisotopic (exact) mass is 388 g/mol. The molecule has 1 atom stereocenters. The van der Waals surface area contributed by atoms with E-state index in [0.717, 1.165) is 26.1 Å². The van der Waals surface area contributed by atoms with Gasteiger partial charge >= 0.3 is 0 Å². The lowest BCUT2D eigenvalue weighted by atomic mass is 9.99. The second-order valence-electron chi connectivity index (χ2n) is 8.67. The number of ether oxygens (including phenoxy) is 1. The molecule has 0 aromatic heterocycles. The van der Waals surface area contributed by atoms with E-state index in [4.69, 9.17) is 4.74 Å². The molecule has 28 heavy (non-hydrogen) atoms. The number of amides is 1. The van der Waals surface area contributed by atoms with Gasteiger partial charge in [0.25, 0.3) is 0 Å². The molecule has 1 saturated heterocycles.